The van der Waals surface area contributed by atoms with E-state index in [1.807, 2.05) is 6.92 Å². The number of hydrogen-bond acceptors (Lipinski definition) is 2. The molecule has 0 spiro atoms. The van der Waals surface area contributed by atoms with Gasteiger partial charge in [0.1, 0.15) is 0 Å². The molecule has 0 amide bonds. The lowest BCUT2D eigenvalue weighted by atomic mass is 10.0. The molecule has 0 aliphatic carbocycles. The fourth-order valence-electron chi connectivity index (χ4n) is 2.44. The smallest absolute Gasteiger partial charge is 0.377 e. The number of ether oxygens (including phenoxy) is 1. The zero-order valence-electron chi connectivity index (χ0n) is 11.5. The van der Waals surface area contributed by atoms with E-state index in [1.165, 1.54) is 12.1 Å². The summed E-state index contributed by atoms with van der Waals surface area (Å²) in [6, 6.07) is 5.66. The Kier molecular flexibility index (Phi) is 5.05. The molecular formula is C15H20F3NO. The lowest BCUT2D eigenvalue weighted by molar-refractivity contribution is -0.137. The van der Waals surface area contributed by atoms with Gasteiger partial charge in [0.05, 0.1) is 11.7 Å². The van der Waals surface area contributed by atoms with Crippen molar-refractivity contribution in [2.45, 2.75) is 44.5 Å². The highest BCUT2D eigenvalue weighted by Gasteiger charge is 2.30. The average Bonchev–Trinajstić information content (AvgIpc) is 2.89. The maximum Gasteiger partial charge on any atom is 0.416 e. The first-order valence-electron chi connectivity index (χ1n) is 6.96. The van der Waals surface area contributed by atoms with Gasteiger partial charge in [0.2, 0.25) is 0 Å². The number of hydrogen-bond donors (Lipinski definition) is 1. The van der Waals surface area contributed by atoms with Gasteiger partial charge in [-0.05, 0) is 37.8 Å². The molecule has 0 aromatic heterocycles. The summed E-state index contributed by atoms with van der Waals surface area (Å²) >= 11 is 0. The van der Waals surface area contributed by atoms with Gasteiger partial charge in [-0.25, -0.2) is 0 Å². The molecule has 5 heteroatoms. The van der Waals surface area contributed by atoms with Crippen molar-refractivity contribution in [1.82, 2.24) is 5.32 Å². The van der Waals surface area contributed by atoms with Crippen LogP contribution in [-0.4, -0.2) is 25.3 Å². The summed E-state index contributed by atoms with van der Waals surface area (Å²) in [7, 11) is 0. The van der Waals surface area contributed by atoms with Crippen LogP contribution in [0.2, 0.25) is 0 Å². The van der Waals surface area contributed by atoms with Gasteiger partial charge >= 0.3 is 6.18 Å². The van der Waals surface area contributed by atoms with Crippen LogP contribution in [0.5, 0.6) is 0 Å². The Morgan fingerprint density at radius 2 is 2.20 bits per heavy atom. The summed E-state index contributed by atoms with van der Waals surface area (Å²) in [5.74, 6) is 0. The van der Waals surface area contributed by atoms with E-state index in [-0.39, 0.29) is 12.1 Å². The van der Waals surface area contributed by atoms with Gasteiger partial charge in [0, 0.05) is 19.2 Å². The fourth-order valence-corrected chi connectivity index (χ4v) is 2.44. The Bertz CT molecular complexity index is 427. The van der Waals surface area contributed by atoms with Gasteiger partial charge in [-0.1, -0.05) is 18.2 Å². The molecular weight excluding hydrogens is 267 g/mol. The average molecular weight is 287 g/mol. The maximum atomic E-state index is 12.6. The summed E-state index contributed by atoms with van der Waals surface area (Å²) < 4.78 is 43.4. The Balaban J connectivity index is 1.85. The van der Waals surface area contributed by atoms with Crippen molar-refractivity contribution in [3.63, 3.8) is 0 Å². The highest BCUT2D eigenvalue weighted by molar-refractivity contribution is 5.26. The Hall–Kier alpha value is -1.07. The van der Waals surface area contributed by atoms with E-state index < -0.39 is 11.7 Å². The molecule has 1 saturated heterocycles. The van der Waals surface area contributed by atoms with Gasteiger partial charge in [-0.3, -0.25) is 0 Å². The van der Waals surface area contributed by atoms with Crippen molar-refractivity contribution < 1.29 is 17.9 Å². The van der Waals surface area contributed by atoms with Crippen LogP contribution < -0.4 is 5.32 Å². The van der Waals surface area contributed by atoms with Gasteiger partial charge in [0.25, 0.3) is 0 Å². The van der Waals surface area contributed by atoms with Crippen LogP contribution in [0.4, 0.5) is 13.2 Å². The SMILES string of the molecule is C[C@H](Cc1cccc(C(F)(F)F)c1)NC[C@H]1CCCO1. The van der Waals surface area contributed by atoms with Crippen molar-refractivity contribution in [1.29, 1.82) is 0 Å². The third kappa shape index (κ3) is 4.49. The molecule has 0 unspecified atom stereocenters. The first kappa shape index (κ1) is 15.3. The molecule has 112 valence electrons. The number of nitrogens with one attached hydrogen (secondary N) is 1. The number of rotatable bonds is 5. The van der Waals surface area contributed by atoms with Crippen LogP contribution in [0.1, 0.15) is 30.9 Å². The van der Waals surface area contributed by atoms with Gasteiger partial charge in [0.15, 0.2) is 0 Å². The first-order valence-corrected chi connectivity index (χ1v) is 6.96. The predicted molar refractivity (Wildman–Crippen MR) is 71.6 cm³/mol. The molecule has 1 aromatic rings. The second kappa shape index (κ2) is 6.59. The minimum Gasteiger partial charge on any atom is -0.377 e. The summed E-state index contributed by atoms with van der Waals surface area (Å²) in [5.41, 5.74) is 0.119. The van der Waals surface area contributed by atoms with Crippen molar-refractivity contribution >= 4 is 0 Å². The second-order valence-corrected chi connectivity index (χ2v) is 5.35. The van der Waals surface area contributed by atoms with E-state index in [9.17, 15) is 13.2 Å². The van der Waals surface area contributed by atoms with Gasteiger partial charge in [-0.15, -0.1) is 0 Å². The van der Waals surface area contributed by atoms with Crippen molar-refractivity contribution in [3.05, 3.63) is 35.4 Å². The maximum absolute atomic E-state index is 12.6. The molecule has 0 bridgehead atoms. The molecule has 2 nitrogen and oxygen atoms in total. The molecule has 2 rings (SSSR count). The number of halogens is 3. The lowest BCUT2D eigenvalue weighted by Gasteiger charge is -2.17. The zero-order chi connectivity index (χ0) is 14.6. The molecule has 2 atom stereocenters. The van der Waals surface area contributed by atoms with Crippen LogP contribution in [0.25, 0.3) is 0 Å². The monoisotopic (exact) mass is 287 g/mol. The standard InChI is InChI=1S/C15H20F3NO/c1-11(19-10-14-6-3-7-20-14)8-12-4-2-5-13(9-12)15(16,17)18/h2,4-5,9,11,14,19H,3,6-8,10H2,1H3/t11-,14-/m1/s1. The van der Waals surface area contributed by atoms with E-state index in [4.69, 9.17) is 4.74 Å². The predicted octanol–water partition coefficient (Wildman–Crippen LogP) is 3.41. The van der Waals surface area contributed by atoms with E-state index in [1.54, 1.807) is 6.07 Å². The van der Waals surface area contributed by atoms with Crippen LogP contribution in [0.3, 0.4) is 0 Å². The van der Waals surface area contributed by atoms with E-state index >= 15 is 0 Å². The minimum absolute atomic E-state index is 0.127. The molecule has 1 aliphatic rings. The molecule has 1 fully saturated rings. The van der Waals surface area contributed by atoms with Crippen LogP contribution >= 0.6 is 0 Å². The molecule has 0 saturated carbocycles. The van der Waals surface area contributed by atoms with Crippen LogP contribution in [0, 0.1) is 0 Å². The highest BCUT2D eigenvalue weighted by atomic mass is 19.4. The first-order chi connectivity index (χ1) is 9.45. The summed E-state index contributed by atoms with van der Waals surface area (Å²) in [4.78, 5) is 0. The largest absolute Gasteiger partial charge is 0.416 e. The van der Waals surface area contributed by atoms with Crippen LogP contribution in [-0.2, 0) is 17.3 Å². The van der Waals surface area contributed by atoms with Crippen LogP contribution in [0.15, 0.2) is 24.3 Å². The normalized spacial score (nSPS) is 21.1. The molecule has 1 aromatic carbocycles. The lowest BCUT2D eigenvalue weighted by Crippen LogP contribution is -2.34. The molecule has 20 heavy (non-hydrogen) atoms. The van der Waals surface area contributed by atoms with E-state index in [2.05, 4.69) is 5.32 Å². The van der Waals surface area contributed by atoms with Crippen molar-refractivity contribution in [3.8, 4) is 0 Å². The van der Waals surface area contributed by atoms with E-state index in [0.29, 0.717) is 12.0 Å². The van der Waals surface area contributed by atoms with Crippen molar-refractivity contribution in [2.75, 3.05) is 13.2 Å². The molecule has 0 radical (unpaired) electrons. The Morgan fingerprint density at radius 3 is 2.85 bits per heavy atom. The third-order valence-corrected chi connectivity index (χ3v) is 3.51. The molecule has 1 aliphatic heterocycles. The highest BCUT2D eigenvalue weighted by Crippen LogP contribution is 2.29. The number of benzene rings is 1. The molecule has 1 N–H and O–H groups in total. The summed E-state index contributed by atoms with van der Waals surface area (Å²) in [6.45, 7) is 3.56. The third-order valence-electron chi connectivity index (χ3n) is 3.51. The number of alkyl halides is 3. The molecule has 1 heterocycles. The van der Waals surface area contributed by atoms with E-state index in [0.717, 1.165) is 32.1 Å². The van der Waals surface area contributed by atoms with Crippen molar-refractivity contribution in [2.24, 2.45) is 0 Å². The minimum atomic E-state index is -4.27. The quantitative estimate of drug-likeness (QED) is 0.896. The Labute approximate surface area is 117 Å². The topological polar surface area (TPSA) is 21.3 Å². The van der Waals surface area contributed by atoms with Gasteiger partial charge in [-0.2, -0.15) is 13.2 Å². The zero-order valence-corrected chi connectivity index (χ0v) is 11.5. The Morgan fingerprint density at radius 1 is 1.40 bits per heavy atom. The van der Waals surface area contributed by atoms with Gasteiger partial charge < -0.3 is 10.1 Å². The second-order valence-electron chi connectivity index (χ2n) is 5.35. The summed E-state index contributed by atoms with van der Waals surface area (Å²) in [5, 5.41) is 3.32. The fraction of sp³-hybridized carbons (Fsp3) is 0.600. The summed E-state index contributed by atoms with van der Waals surface area (Å²) in [6.07, 6.45) is -1.29.